The Kier molecular flexibility index (Phi) is 6.70. The first kappa shape index (κ1) is 21.8. The molecule has 1 heterocycles. The van der Waals surface area contributed by atoms with E-state index in [9.17, 15) is 16.8 Å². The van der Waals surface area contributed by atoms with Gasteiger partial charge in [0.25, 0.3) is 0 Å². The molecular formula is C18H23ClN2O4S2. The van der Waals surface area contributed by atoms with Gasteiger partial charge in [-0.1, -0.05) is 36.4 Å². The molecule has 0 aliphatic carbocycles. The summed E-state index contributed by atoms with van der Waals surface area (Å²) in [5, 5.41) is 0. The molecule has 1 aliphatic heterocycles. The van der Waals surface area contributed by atoms with Gasteiger partial charge in [-0.3, -0.25) is 0 Å². The molecule has 0 radical (unpaired) electrons. The van der Waals surface area contributed by atoms with Crippen molar-refractivity contribution in [1.29, 1.82) is 0 Å². The zero-order chi connectivity index (χ0) is 18.9. The lowest BCUT2D eigenvalue weighted by Crippen LogP contribution is -2.30. The van der Waals surface area contributed by atoms with Crippen LogP contribution in [0.15, 0.2) is 64.4 Å². The summed E-state index contributed by atoms with van der Waals surface area (Å²) < 4.78 is 51.0. The van der Waals surface area contributed by atoms with E-state index in [0.717, 1.165) is 11.8 Å². The average molecular weight is 431 g/mol. The largest absolute Gasteiger partial charge is 0.330 e. The van der Waals surface area contributed by atoms with Gasteiger partial charge in [0.15, 0.2) is 9.84 Å². The maximum Gasteiger partial charge on any atom is 0.243 e. The Labute approximate surface area is 166 Å². The highest BCUT2D eigenvalue weighted by Gasteiger charge is 2.39. The van der Waals surface area contributed by atoms with E-state index in [4.69, 9.17) is 5.73 Å². The van der Waals surface area contributed by atoms with Crippen molar-refractivity contribution < 1.29 is 16.8 Å². The number of benzene rings is 2. The van der Waals surface area contributed by atoms with Crippen LogP contribution in [0.1, 0.15) is 11.5 Å². The molecule has 1 saturated heterocycles. The van der Waals surface area contributed by atoms with Crippen molar-refractivity contribution in [1.82, 2.24) is 4.31 Å². The van der Waals surface area contributed by atoms with Crippen molar-refractivity contribution in [2.75, 3.05) is 25.9 Å². The average Bonchev–Trinajstić information content (AvgIpc) is 3.07. The van der Waals surface area contributed by atoms with Crippen LogP contribution in [0.25, 0.3) is 0 Å². The summed E-state index contributed by atoms with van der Waals surface area (Å²) >= 11 is 0. The van der Waals surface area contributed by atoms with Crippen LogP contribution in [-0.4, -0.2) is 47.0 Å². The quantitative estimate of drug-likeness (QED) is 0.780. The van der Waals surface area contributed by atoms with Crippen molar-refractivity contribution in [2.45, 2.75) is 15.7 Å². The molecule has 3 rings (SSSR count). The normalized spacial score (nSPS) is 21.0. The predicted molar refractivity (Wildman–Crippen MR) is 107 cm³/mol. The summed E-state index contributed by atoms with van der Waals surface area (Å²) in [5.74, 6) is 0.0410. The lowest BCUT2D eigenvalue weighted by Gasteiger charge is -2.17. The van der Waals surface area contributed by atoms with E-state index in [1.165, 1.54) is 28.6 Å². The fourth-order valence-electron chi connectivity index (χ4n) is 3.36. The third-order valence-electron chi connectivity index (χ3n) is 4.81. The van der Waals surface area contributed by atoms with E-state index in [0.29, 0.717) is 19.6 Å². The molecule has 2 atom stereocenters. The second-order valence-corrected chi connectivity index (χ2v) is 10.5. The molecule has 1 aliphatic rings. The molecule has 2 aromatic rings. The highest BCUT2D eigenvalue weighted by molar-refractivity contribution is 7.91. The molecule has 27 heavy (non-hydrogen) atoms. The van der Waals surface area contributed by atoms with Gasteiger partial charge in [0, 0.05) is 25.3 Å². The number of halogens is 1. The number of hydrogen-bond donors (Lipinski definition) is 1. The van der Waals surface area contributed by atoms with Crippen molar-refractivity contribution in [3.8, 4) is 0 Å². The molecule has 0 aromatic heterocycles. The highest BCUT2D eigenvalue weighted by atomic mass is 35.5. The Morgan fingerprint density at radius 1 is 0.963 bits per heavy atom. The van der Waals surface area contributed by atoms with Gasteiger partial charge in [0.2, 0.25) is 10.0 Å². The van der Waals surface area contributed by atoms with Gasteiger partial charge in [-0.05, 0) is 36.2 Å². The van der Waals surface area contributed by atoms with Crippen LogP contribution in [0.5, 0.6) is 0 Å². The van der Waals surface area contributed by atoms with Gasteiger partial charge in [-0.25, -0.2) is 16.8 Å². The Morgan fingerprint density at radius 2 is 1.59 bits per heavy atom. The van der Waals surface area contributed by atoms with E-state index in [1.54, 1.807) is 0 Å². The zero-order valence-electron chi connectivity index (χ0n) is 14.9. The minimum Gasteiger partial charge on any atom is -0.330 e. The molecule has 148 valence electrons. The molecule has 2 aromatic carbocycles. The Hall–Kier alpha value is -1.45. The van der Waals surface area contributed by atoms with Crippen LogP contribution < -0.4 is 5.73 Å². The van der Waals surface area contributed by atoms with Gasteiger partial charge in [-0.2, -0.15) is 4.31 Å². The fraction of sp³-hybridized carbons (Fsp3) is 0.333. The van der Waals surface area contributed by atoms with Gasteiger partial charge < -0.3 is 5.73 Å². The van der Waals surface area contributed by atoms with Gasteiger partial charge >= 0.3 is 0 Å². The minimum absolute atomic E-state index is 0. The molecular weight excluding hydrogens is 408 g/mol. The molecule has 0 unspecified atom stereocenters. The lowest BCUT2D eigenvalue weighted by atomic mass is 9.89. The summed E-state index contributed by atoms with van der Waals surface area (Å²) in [6, 6.07) is 15.2. The summed E-state index contributed by atoms with van der Waals surface area (Å²) in [5.41, 5.74) is 6.95. The monoisotopic (exact) mass is 430 g/mol. The first-order valence-corrected chi connectivity index (χ1v) is 11.6. The standard InChI is InChI=1S/C18H22N2O4S2.ClH/c1-25(21,22)16-8-5-9-17(10-16)26(23,24)20-12-15(11-19)18(13-20)14-6-3-2-4-7-14;/h2-10,15,18H,11-13,19H2,1H3;1H/t15-,18+;/m1./s1. The number of hydrogen-bond acceptors (Lipinski definition) is 5. The number of rotatable bonds is 5. The third kappa shape index (κ3) is 4.52. The van der Waals surface area contributed by atoms with Gasteiger partial charge in [-0.15, -0.1) is 12.4 Å². The van der Waals surface area contributed by atoms with Crippen molar-refractivity contribution >= 4 is 32.3 Å². The SMILES string of the molecule is CS(=O)(=O)c1cccc(S(=O)(=O)N2C[C@@H](CN)[C@H](c3ccccc3)C2)c1.Cl. The molecule has 0 amide bonds. The van der Waals surface area contributed by atoms with E-state index >= 15 is 0 Å². The molecule has 0 saturated carbocycles. The molecule has 0 bridgehead atoms. The number of nitrogens with two attached hydrogens (primary N) is 1. The molecule has 1 fully saturated rings. The van der Waals surface area contributed by atoms with Crippen LogP contribution in [-0.2, 0) is 19.9 Å². The van der Waals surface area contributed by atoms with Crippen molar-refractivity contribution in [2.24, 2.45) is 11.7 Å². The Morgan fingerprint density at radius 3 is 2.19 bits per heavy atom. The smallest absolute Gasteiger partial charge is 0.243 e. The van der Waals surface area contributed by atoms with E-state index in [2.05, 4.69) is 0 Å². The second-order valence-electron chi connectivity index (χ2n) is 6.58. The minimum atomic E-state index is -3.79. The van der Waals surface area contributed by atoms with Crippen LogP contribution >= 0.6 is 12.4 Å². The number of sulfonamides is 1. The summed E-state index contributed by atoms with van der Waals surface area (Å²) in [6.07, 6.45) is 1.06. The van der Waals surface area contributed by atoms with Gasteiger partial charge in [0.05, 0.1) is 9.79 Å². The topological polar surface area (TPSA) is 97.5 Å². The molecule has 6 nitrogen and oxygen atoms in total. The third-order valence-corrected chi connectivity index (χ3v) is 7.75. The first-order chi connectivity index (χ1) is 12.2. The Balaban J connectivity index is 0.00000261. The zero-order valence-corrected chi connectivity index (χ0v) is 17.3. The van der Waals surface area contributed by atoms with E-state index in [-0.39, 0.29) is 34.0 Å². The van der Waals surface area contributed by atoms with Crippen molar-refractivity contribution in [3.05, 3.63) is 60.2 Å². The fourth-order valence-corrected chi connectivity index (χ4v) is 5.67. The van der Waals surface area contributed by atoms with Crippen molar-refractivity contribution in [3.63, 3.8) is 0 Å². The van der Waals surface area contributed by atoms with Crippen LogP contribution in [0.2, 0.25) is 0 Å². The lowest BCUT2D eigenvalue weighted by molar-refractivity contribution is 0.459. The van der Waals surface area contributed by atoms with Crippen LogP contribution in [0.4, 0.5) is 0 Å². The molecule has 0 spiro atoms. The summed E-state index contributed by atoms with van der Waals surface area (Å²) in [6.45, 7) is 1.04. The summed E-state index contributed by atoms with van der Waals surface area (Å²) in [7, 11) is -7.27. The predicted octanol–water partition coefficient (Wildman–Crippen LogP) is 1.87. The summed E-state index contributed by atoms with van der Waals surface area (Å²) in [4.78, 5) is -0.0161. The highest BCUT2D eigenvalue weighted by Crippen LogP contribution is 2.35. The number of sulfone groups is 1. The van der Waals surface area contributed by atoms with Crippen LogP contribution in [0.3, 0.4) is 0 Å². The molecule has 2 N–H and O–H groups in total. The van der Waals surface area contributed by atoms with E-state index < -0.39 is 19.9 Å². The maximum atomic E-state index is 13.0. The number of nitrogens with zero attached hydrogens (tertiary/aromatic N) is 1. The second kappa shape index (κ2) is 8.28. The van der Waals surface area contributed by atoms with E-state index in [1.807, 2.05) is 30.3 Å². The Bertz CT molecular complexity index is 995. The van der Waals surface area contributed by atoms with Gasteiger partial charge in [0.1, 0.15) is 0 Å². The van der Waals surface area contributed by atoms with Crippen LogP contribution in [0, 0.1) is 5.92 Å². The molecule has 9 heteroatoms. The first-order valence-electron chi connectivity index (χ1n) is 8.29. The maximum absolute atomic E-state index is 13.0.